The van der Waals surface area contributed by atoms with Gasteiger partial charge in [0.25, 0.3) is 0 Å². The molecule has 1 atom stereocenters. The number of benzene rings is 2. The smallest absolute Gasteiger partial charge is 0.0504 e. The number of hydrogen-bond donors (Lipinski definition) is 0. The molecule has 2 aromatic heterocycles. The van der Waals surface area contributed by atoms with Crippen molar-refractivity contribution in [2.24, 2.45) is 0 Å². The molecule has 0 aliphatic carbocycles. The summed E-state index contributed by atoms with van der Waals surface area (Å²) in [5.74, 6) is 0. The van der Waals surface area contributed by atoms with Gasteiger partial charge in [0, 0.05) is 63.3 Å². The van der Waals surface area contributed by atoms with E-state index in [0.29, 0.717) is 6.04 Å². The minimum atomic E-state index is 0.309. The molecule has 0 N–H and O–H groups in total. The molecule has 3 nitrogen and oxygen atoms in total. The fourth-order valence-electron chi connectivity index (χ4n) is 3.85. The molecular formula is C24H23Cl2N3. The van der Waals surface area contributed by atoms with Crippen molar-refractivity contribution in [2.75, 3.05) is 20.6 Å². The van der Waals surface area contributed by atoms with Gasteiger partial charge >= 0.3 is 0 Å². The average Bonchev–Trinajstić information content (AvgIpc) is 3.06. The maximum absolute atomic E-state index is 6.33. The van der Waals surface area contributed by atoms with Gasteiger partial charge in [-0.15, -0.1) is 0 Å². The van der Waals surface area contributed by atoms with E-state index in [-0.39, 0.29) is 0 Å². The molecule has 4 rings (SSSR count). The molecule has 0 aliphatic rings. The van der Waals surface area contributed by atoms with Gasteiger partial charge in [-0.05, 0) is 56.9 Å². The van der Waals surface area contributed by atoms with Gasteiger partial charge in [0.05, 0.1) is 5.52 Å². The van der Waals surface area contributed by atoms with Crippen LogP contribution in [0.2, 0.25) is 10.0 Å². The average molecular weight is 424 g/mol. The van der Waals surface area contributed by atoms with Gasteiger partial charge in [0.15, 0.2) is 0 Å². The van der Waals surface area contributed by atoms with Gasteiger partial charge < -0.3 is 9.47 Å². The fourth-order valence-corrected chi connectivity index (χ4v) is 4.21. The van der Waals surface area contributed by atoms with Crippen molar-refractivity contribution in [3.63, 3.8) is 0 Å². The van der Waals surface area contributed by atoms with Gasteiger partial charge in [-0.2, -0.15) is 0 Å². The predicted molar refractivity (Wildman–Crippen MR) is 124 cm³/mol. The third-order valence-corrected chi connectivity index (χ3v) is 5.58. The molecule has 5 heteroatoms. The number of hydrogen-bond acceptors (Lipinski definition) is 2. The summed E-state index contributed by atoms with van der Waals surface area (Å²) in [6, 6.07) is 16.4. The first kappa shape index (κ1) is 20.0. The Hall–Kier alpha value is -2.33. The molecule has 0 spiro atoms. The molecule has 0 aliphatic heterocycles. The standard InChI is InChI=1S/C24H23Cl2N3/c1-16(14-28(2)3)29-15-23(22-8-7-21(26)11-24(22)29)19-9-18(12-27-13-19)17-5-4-6-20(25)10-17/h4-13,15-16H,14H2,1-3H3. The SMILES string of the molecule is CC(CN(C)C)n1cc(-c2cncc(-c3cccc(Cl)c3)c2)c2ccc(Cl)cc21. The van der Waals surface area contributed by atoms with E-state index in [2.05, 4.69) is 59.9 Å². The van der Waals surface area contributed by atoms with Crippen LogP contribution in [0.3, 0.4) is 0 Å². The van der Waals surface area contributed by atoms with Crippen LogP contribution in [0.1, 0.15) is 13.0 Å². The Morgan fingerprint density at radius 3 is 2.45 bits per heavy atom. The monoisotopic (exact) mass is 423 g/mol. The van der Waals surface area contributed by atoms with Crippen LogP contribution in [-0.2, 0) is 0 Å². The Morgan fingerprint density at radius 2 is 1.69 bits per heavy atom. The topological polar surface area (TPSA) is 21.1 Å². The highest BCUT2D eigenvalue weighted by Crippen LogP contribution is 2.35. The highest BCUT2D eigenvalue weighted by atomic mass is 35.5. The van der Waals surface area contributed by atoms with Crippen LogP contribution in [0.25, 0.3) is 33.2 Å². The van der Waals surface area contributed by atoms with Gasteiger partial charge in [0.1, 0.15) is 0 Å². The van der Waals surface area contributed by atoms with Crippen molar-refractivity contribution in [3.8, 4) is 22.3 Å². The number of halogens is 2. The van der Waals surface area contributed by atoms with Gasteiger partial charge in [0.2, 0.25) is 0 Å². The van der Waals surface area contributed by atoms with E-state index in [1.165, 1.54) is 5.39 Å². The quantitative estimate of drug-likeness (QED) is 0.351. The number of likely N-dealkylation sites (N-methyl/N-ethyl adjacent to an activating group) is 1. The summed E-state index contributed by atoms with van der Waals surface area (Å²) < 4.78 is 2.31. The van der Waals surface area contributed by atoms with E-state index >= 15 is 0 Å². The molecule has 0 saturated heterocycles. The molecule has 0 fully saturated rings. The largest absolute Gasteiger partial charge is 0.343 e. The highest BCUT2D eigenvalue weighted by molar-refractivity contribution is 6.31. The van der Waals surface area contributed by atoms with Crippen molar-refractivity contribution in [3.05, 3.63) is 77.2 Å². The van der Waals surface area contributed by atoms with Crippen molar-refractivity contribution < 1.29 is 0 Å². The van der Waals surface area contributed by atoms with Crippen LogP contribution < -0.4 is 0 Å². The van der Waals surface area contributed by atoms with Crippen LogP contribution in [0.5, 0.6) is 0 Å². The number of rotatable bonds is 5. The molecule has 0 amide bonds. The summed E-state index contributed by atoms with van der Waals surface area (Å²) in [4.78, 5) is 6.70. The van der Waals surface area contributed by atoms with Crippen LogP contribution in [0, 0.1) is 0 Å². The minimum absolute atomic E-state index is 0.309. The van der Waals surface area contributed by atoms with Crippen molar-refractivity contribution in [2.45, 2.75) is 13.0 Å². The molecule has 29 heavy (non-hydrogen) atoms. The molecule has 2 aromatic carbocycles. The Labute approximate surface area is 181 Å². The fraction of sp³-hybridized carbons (Fsp3) is 0.208. The van der Waals surface area contributed by atoms with Crippen LogP contribution >= 0.6 is 23.2 Å². The second-order valence-electron chi connectivity index (χ2n) is 7.70. The maximum atomic E-state index is 6.33. The zero-order valence-corrected chi connectivity index (χ0v) is 18.2. The van der Waals surface area contributed by atoms with Crippen LogP contribution in [-0.4, -0.2) is 35.1 Å². The molecule has 2 heterocycles. The summed E-state index contributed by atoms with van der Waals surface area (Å²) >= 11 is 12.5. The van der Waals surface area contributed by atoms with Crippen LogP contribution in [0.4, 0.5) is 0 Å². The lowest BCUT2D eigenvalue weighted by Crippen LogP contribution is -2.21. The Bertz CT molecular complexity index is 1160. The zero-order valence-electron chi connectivity index (χ0n) is 16.7. The number of fused-ring (bicyclic) bond motifs is 1. The van der Waals surface area contributed by atoms with Crippen molar-refractivity contribution in [1.29, 1.82) is 0 Å². The van der Waals surface area contributed by atoms with Gasteiger partial charge in [-0.25, -0.2) is 0 Å². The van der Waals surface area contributed by atoms with E-state index in [1.807, 2.05) is 42.7 Å². The summed E-state index contributed by atoms with van der Waals surface area (Å²) in [6.45, 7) is 3.17. The summed E-state index contributed by atoms with van der Waals surface area (Å²) in [5.41, 5.74) is 5.46. The van der Waals surface area contributed by atoms with Crippen molar-refractivity contribution >= 4 is 34.1 Å². The number of nitrogens with zero attached hydrogens (tertiary/aromatic N) is 3. The molecular weight excluding hydrogens is 401 g/mol. The van der Waals surface area contributed by atoms with E-state index in [9.17, 15) is 0 Å². The molecule has 0 bridgehead atoms. The molecule has 148 valence electrons. The summed E-state index contributed by atoms with van der Waals surface area (Å²) in [5, 5.41) is 2.63. The first-order valence-electron chi connectivity index (χ1n) is 9.58. The number of aromatic nitrogens is 2. The second-order valence-corrected chi connectivity index (χ2v) is 8.57. The Kier molecular flexibility index (Phi) is 5.64. The van der Waals surface area contributed by atoms with Crippen molar-refractivity contribution in [1.82, 2.24) is 14.5 Å². The molecule has 0 saturated carbocycles. The van der Waals surface area contributed by atoms with E-state index in [0.717, 1.165) is 44.4 Å². The maximum Gasteiger partial charge on any atom is 0.0504 e. The van der Waals surface area contributed by atoms with E-state index in [1.54, 1.807) is 0 Å². The van der Waals surface area contributed by atoms with Gasteiger partial charge in [-0.3, -0.25) is 4.98 Å². The Morgan fingerprint density at radius 1 is 0.931 bits per heavy atom. The predicted octanol–water partition coefficient (Wildman–Crippen LogP) is 6.80. The highest BCUT2D eigenvalue weighted by Gasteiger charge is 2.16. The van der Waals surface area contributed by atoms with E-state index < -0.39 is 0 Å². The lowest BCUT2D eigenvalue weighted by molar-refractivity contribution is 0.341. The Balaban J connectivity index is 1.85. The first-order valence-corrected chi connectivity index (χ1v) is 10.3. The van der Waals surface area contributed by atoms with Crippen LogP contribution in [0.15, 0.2) is 67.1 Å². The first-order chi connectivity index (χ1) is 13.9. The third-order valence-electron chi connectivity index (χ3n) is 5.11. The molecule has 0 radical (unpaired) electrons. The number of pyridine rings is 1. The summed E-state index contributed by atoms with van der Waals surface area (Å²) in [7, 11) is 4.18. The minimum Gasteiger partial charge on any atom is -0.343 e. The van der Waals surface area contributed by atoms with Gasteiger partial charge in [-0.1, -0.05) is 41.4 Å². The lowest BCUT2D eigenvalue weighted by atomic mass is 10.0. The second kappa shape index (κ2) is 8.19. The third kappa shape index (κ3) is 4.18. The molecule has 1 unspecified atom stereocenters. The zero-order chi connectivity index (χ0) is 20.5. The lowest BCUT2D eigenvalue weighted by Gasteiger charge is -2.19. The van der Waals surface area contributed by atoms with E-state index in [4.69, 9.17) is 23.2 Å². The summed E-state index contributed by atoms with van der Waals surface area (Å²) in [6.07, 6.45) is 6.01. The normalized spacial score (nSPS) is 12.6. The molecule has 4 aromatic rings.